The highest BCUT2D eigenvalue weighted by Gasteiger charge is 2.09. The van der Waals surface area contributed by atoms with Crippen LogP contribution in [0.1, 0.15) is 12.6 Å². The van der Waals surface area contributed by atoms with Gasteiger partial charge in [-0.1, -0.05) is 0 Å². The van der Waals surface area contributed by atoms with Gasteiger partial charge in [-0.2, -0.15) is 0 Å². The van der Waals surface area contributed by atoms with Crippen LogP contribution >= 0.6 is 0 Å². The Bertz CT molecular complexity index is 726. The molecule has 21 heavy (non-hydrogen) atoms. The molecule has 8 heteroatoms. The predicted molar refractivity (Wildman–Crippen MR) is 77.2 cm³/mol. The molecule has 0 radical (unpaired) electrons. The summed E-state index contributed by atoms with van der Waals surface area (Å²) in [6.07, 6.45) is 2.95. The molecule has 0 aromatic carbocycles. The van der Waals surface area contributed by atoms with Gasteiger partial charge in [0.25, 0.3) is 5.56 Å². The van der Waals surface area contributed by atoms with Crippen LogP contribution in [0.2, 0.25) is 0 Å². The average Bonchev–Trinajstić information content (AvgIpc) is 2.43. The van der Waals surface area contributed by atoms with Gasteiger partial charge in [-0.25, -0.2) is 14.8 Å². The van der Waals surface area contributed by atoms with E-state index in [0.717, 1.165) is 0 Å². The molecule has 2 amide bonds. The van der Waals surface area contributed by atoms with E-state index in [-0.39, 0.29) is 11.3 Å². The number of rotatable bonds is 4. The number of pyridine rings is 1. The number of hydrogen-bond acceptors (Lipinski definition) is 5. The number of aromatic nitrogens is 3. The van der Waals surface area contributed by atoms with Crippen molar-refractivity contribution in [3.63, 3.8) is 0 Å². The zero-order valence-electron chi connectivity index (χ0n) is 11.6. The van der Waals surface area contributed by atoms with E-state index in [1.165, 1.54) is 12.4 Å². The molecule has 0 aliphatic carbocycles. The third-order valence-electron chi connectivity index (χ3n) is 2.66. The Kier molecular flexibility index (Phi) is 4.17. The number of carbonyl (C=O) groups is 1. The SMILES string of the molecule is CCOc1cc(-c2ncc(NC(N)=O)c(C)n2)c[nH]c1=O. The molecular formula is C13H15N5O3. The number of H-pyrrole nitrogens is 1. The Hall–Kier alpha value is -2.90. The first kappa shape index (κ1) is 14.5. The molecule has 0 spiro atoms. The van der Waals surface area contributed by atoms with E-state index < -0.39 is 6.03 Å². The van der Waals surface area contributed by atoms with E-state index in [1.54, 1.807) is 19.9 Å². The highest BCUT2D eigenvalue weighted by molar-refractivity contribution is 5.88. The molecule has 0 saturated heterocycles. The largest absolute Gasteiger partial charge is 0.488 e. The monoisotopic (exact) mass is 289 g/mol. The highest BCUT2D eigenvalue weighted by Crippen LogP contribution is 2.19. The van der Waals surface area contributed by atoms with E-state index in [2.05, 4.69) is 20.3 Å². The van der Waals surface area contributed by atoms with E-state index in [0.29, 0.717) is 29.4 Å². The minimum atomic E-state index is -0.683. The molecule has 4 N–H and O–H groups in total. The van der Waals surface area contributed by atoms with Gasteiger partial charge in [-0.05, 0) is 19.9 Å². The second-order valence-corrected chi connectivity index (χ2v) is 4.20. The van der Waals surface area contributed by atoms with Gasteiger partial charge in [0.15, 0.2) is 11.6 Å². The zero-order valence-corrected chi connectivity index (χ0v) is 11.6. The van der Waals surface area contributed by atoms with Crippen LogP contribution in [0.5, 0.6) is 5.75 Å². The maximum Gasteiger partial charge on any atom is 0.316 e. The van der Waals surface area contributed by atoms with Crippen molar-refractivity contribution >= 4 is 11.7 Å². The molecule has 2 heterocycles. The van der Waals surface area contributed by atoms with Gasteiger partial charge in [0.05, 0.1) is 24.2 Å². The molecular weight excluding hydrogens is 274 g/mol. The standard InChI is InChI=1S/C13H15N5O3/c1-3-21-10-4-8(5-16-12(10)19)11-15-6-9(7(2)17-11)18-13(14)20/h4-6H,3H2,1-2H3,(H,16,19)(H3,14,18,20). The van der Waals surface area contributed by atoms with Crippen molar-refractivity contribution in [3.05, 3.63) is 34.5 Å². The second kappa shape index (κ2) is 6.04. The van der Waals surface area contributed by atoms with Crippen LogP contribution in [-0.4, -0.2) is 27.6 Å². The van der Waals surface area contributed by atoms with Crippen LogP contribution < -0.4 is 21.3 Å². The van der Waals surface area contributed by atoms with Gasteiger partial charge in [-0.15, -0.1) is 0 Å². The van der Waals surface area contributed by atoms with Crippen LogP contribution in [0.3, 0.4) is 0 Å². The van der Waals surface area contributed by atoms with Crippen molar-refractivity contribution in [2.24, 2.45) is 5.73 Å². The van der Waals surface area contributed by atoms with Crippen molar-refractivity contribution in [3.8, 4) is 17.1 Å². The van der Waals surface area contributed by atoms with Crippen LogP contribution in [0.15, 0.2) is 23.3 Å². The van der Waals surface area contributed by atoms with Crippen molar-refractivity contribution in [2.75, 3.05) is 11.9 Å². The minimum absolute atomic E-state index is 0.204. The molecule has 0 saturated carbocycles. The number of hydrogen-bond donors (Lipinski definition) is 3. The second-order valence-electron chi connectivity index (χ2n) is 4.20. The number of nitrogens with one attached hydrogen (secondary N) is 2. The molecule has 8 nitrogen and oxygen atoms in total. The number of anilines is 1. The third-order valence-corrected chi connectivity index (χ3v) is 2.66. The summed E-state index contributed by atoms with van der Waals surface area (Å²) in [6.45, 7) is 3.89. The number of amides is 2. The summed E-state index contributed by atoms with van der Waals surface area (Å²) in [4.78, 5) is 33.4. The predicted octanol–water partition coefficient (Wildman–Crippen LogP) is 1.03. The number of primary amides is 1. The summed E-state index contributed by atoms with van der Waals surface area (Å²) in [7, 11) is 0. The van der Waals surface area contributed by atoms with Gasteiger partial charge in [0.2, 0.25) is 0 Å². The molecule has 0 bridgehead atoms. The topological polar surface area (TPSA) is 123 Å². The van der Waals surface area contributed by atoms with Crippen LogP contribution in [0.25, 0.3) is 11.4 Å². The molecule has 2 rings (SSSR count). The van der Waals surface area contributed by atoms with Crippen LogP contribution in [0.4, 0.5) is 10.5 Å². The first-order valence-electron chi connectivity index (χ1n) is 6.27. The van der Waals surface area contributed by atoms with Gasteiger partial charge in [-0.3, -0.25) is 4.79 Å². The maximum absolute atomic E-state index is 11.6. The smallest absolute Gasteiger partial charge is 0.316 e. The number of nitrogens with two attached hydrogens (primary N) is 1. The lowest BCUT2D eigenvalue weighted by molar-refractivity contribution is 0.259. The van der Waals surface area contributed by atoms with E-state index in [4.69, 9.17) is 10.5 Å². The first-order valence-corrected chi connectivity index (χ1v) is 6.27. The van der Waals surface area contributed by atoms with Gasteiger partial charge >= 0.3 is 6.03 Å². The summed E-state index contributed by atoms with van der Waals surface area (Å²) in [5.74, 6) is 0.607. The number of aromatic amines is 1. The number of carbonyl (C=O) groups excluding carboxylic acids is 1. The van der Waals surface area contributed by atoms with Crippen molar-refractivity contribution in [1.82, 2.24) is 15.0 Å². The van der Waals surface area contributed by atoms with Crippen molar-refractivity contribution < 1.29 is 9.53 Å². The van der Waals surface area contributed by atoms with Crippen molar-refractivity contribution in [2.45, 2.75) is 13.8 Å². The number of ether oxygens (including phenoxy) is 1. The summed E-state index contributed by atoms with van der Waals surface area (Å²) in [6, 6.07) is 0.885. The molecule has 0 unspecified atom stereocenters. The lowest BCUT2D eigenvalue weighted by atomic mass is 10.2. The molecule has 0 aliphatic rings. The van der Waals surface area contributed by atoms with Crippen molar-refractivity contribution in [1.29, 1.82) is 0 Å². The Morgan fingerprint density at radius 2 is 2.29 bits per heavy atom. The van der Waals surface area contributed by atoms with Gasteiger partial charge in [0.1, 0.15) is 0 Å². The summed E-state index contributed by atoms with van der Waals surface area (Å²) >= 11 is 0. The number of nitrogens with zero attached hydrogens (tertiary/aromatic N) is 2. The summed E-state index contributed by atoms with van der Waals surface area (Å²) in [5.41, 5.74) is 6.33. The summed E-state index contributed by atoms with van der Waals surface area (Å²) < 4.78 is 5.23. The fraction of sp³-hybridized carbons (Fsp3) is 0.231. The molecule has 110 valence electrons. The molecule has 2 aromatic rings. The third kappa shape index (κ3) is 3.35. The normalized spacial score (nSPS) is 10.2. The van der Waals surface area contributed by atoms with E-state index >= 15 is 0 Å². The Labute approximate surface area is 120 Å². The Balaban J connectivity index is 2.38. The van der Waals surface area contributed by atoms with Crippen LogP contribution in [-0.2, 0) is 0 Å². The molecule has 0 fully saturated rings. The minimum Gasteiger partial charge on any atom is -0.488 e. The van der Waals surface area contributed by atoms with Crippen LogP contribution in [0, 0.1) is 6.92 Å². The molecule has 2 aromatic heterocycles. The first-order chi connectivity index (χ1) is 10.0. The fourth-order valence-electron chi connectivity index (χ4n) is 1.72. The van der Waals surface area contributed by atoms with Gasteiger partial charge < -0.3 is 20.8 Å². The Morgan fingerprint density at radius 1 is 1.52 bits per heavy atom. The fourth-order valence-corrected chi connectivity index (χ4v) is 1.72. The average molecular weight is 289 g/mol. The summed E-state index contributed by atoms with van der Waals surface area (Å²) in [5, 5.41) is 2.42. The van der Waals surface area contributed by atoms with E-state index in [1.807, 2.05) is 0 Å². The van der Waals surface area contributed by atoms with E-state index in [9.17, 15) is 9.59 Å². The molecule has 0 aliphatic heterocycles. The molecule has 0 atom stereocenters. The zero-order chi connectivity index (χ0) is 15.4. The van der Waals surface area contributed by atoms with Gasteiger partial charge in [0, 0.05) is 11.8 Å². The quantitative estimate of drug-likeness (QED) is 0.775. The Morgan fingerprint density at radius 3 is 2.90 bits per heavy atom. The number of aryl methyl sites for hydroxylation is 1. The lowest BCUT2D eigenvalue weighted by Crippen LogP contribution is -2.20. The highest BCUT2D eigenvalue weighted by atomic mass is 16.5. The maximum atomic E-state index is 11.6. The lowest BCUT2D eigenvalue weighted by Gasteiger charge is -2.08. The number of urea groups is 1.